The highest BCUT2D eigenvalue weighted by Gasteiger charge is 2.17. The first-order chi connectivity index (χ1) is 12.4. The molecule has 1 atom stereocenters. The van der Waals surface area contributed by atoms with Crippen molar-refractivity contribution in [2.24, 2.45) is 0 Å². The summed E-state index contributed by atoms with van der Waals surface area (Å²) in [5.41, 5.74) is 8.85. The number of aromatic nitrogens is 5. The molecule has 3 rings (SSSR count). The Morgan fingerprint density at radius 3 is 2.88 bits per heavy atom. The molecule has 9 heteroatoms. The molecule has 0 aromatic carbocycles. The summed E-state index contributed by atoms with van der Waals surface area (Å²) in [7, 11) is 0. The number of hydrogen-bond donors (Lipinski definition) is 1. The van der Waals surface area contributed by atoms with Gasteiger partial charge in [0.25, 0.3) is 5.88 Å². The number of aryl methyl sites for hydroxylation is 2. The number of nitrogen functional groups attached to an aromatic ring is 1. The van der Waals surface area contributed by atoms with Crippen molar-refractivity contribution < 1.29 is 9.13 Å². The Labute approximate surface area is 155 Å². The number of ether oxygens (including phenoxy) is 1. The van der Waals surface area contributed by atoms with Gasteiger partial charge in [-0.1, -0.05) is 6.92 Å². The average Bonchev–Trinajstić information content (AvgIpc) is 3.04. The Kier molecular flexibility index (Phi) is 5.31. The van der Waals surface area contributed by atoms with E-state index in [1.54, 1.807) is 15.4 Å². The Morgan fingerprint density at radius 1 is 1.38 bits per heavy atom. The van der Waals surface area contributed by atoms with Crippen LogP contribution in [0.2, 0.25) is 5.28 Å². The predicted molar refractivity (Wildman–Crippen MR) is 99.3 cm³/mol. The number of alkyl halides is 1. The number of hydrogen-bond acceptors (Lipinski definition) is 5. The van der Waals surface area contributed by atoms with Crippen molar-refractivity contribution >= 4 is 28.3 Å². The molecule has 0 aliphatic carbocycles. The lowest BCUT2D eigenvalue weighted by atomic mass is 10.3. The fourth-order valence-electron chi connectivity index (χ4n) is 2.86. The maximum atomic E-state index is 14.5. The van der Waals surface area contributed by atoms with Gasteiger partial charge in [-0.25, -0.2) is 9.37 Å². The lowest BCUT2D eigenvalue weighted by Gasteiger charge is -2.11. The first-order valence-corrected chi connectivity index (χ1v) is 8.86. The molecule has 7 nitrogen and oxygen atoms in total. The molecule has 0 bridgehead atoms. The molecule has 3 aromatic heterocycles. The highest BCUT2D eigenvalue weighted by atomic mass is 35.5. The normalized spacial score (nSPS) is 12.7. The molecular weight excluding hydrogens is 359 g/mol. The topological polar surface area (TPSA) is 83.8 Å². The van der Waals surface area contributed by atoms with Crippen LogP contribution in [-0.2, 0) is 13.1 Å². The molecule has 0 saturated carbocycles. The predicted octanol–water partition coefficient (Wildman–Crippen LogP) is 3.31. The molecule has 0 fully saturated rings. The minimum atomic E-state index is -1.25. The standard InChI is InChI=1S/C17H22ClFN6O/c1-4-5-25-11(3)14(20)16(23-25)26-9-12(19)8-24-7-10(2)13-6-21-17(18)22-15(13)24/h6-7,12H,4-5,8-9,20H2,1-3H3. The second-order valence-corrected chi connectivity index (χ2v) is 6.61. The van der Waals surface area contributed by atoms with Gasteiger partial charge in [-0.05, 0) is 37.4 Å². The third kappa shape index (κ3) is 3.60. The molecule has 3 heterocycles. The molecule has 0 saturated heterocycles. The summed E-state index contributed by atoms with van der Waals surface area (Å²) in [6, 6.07) is 0. The number of rotatable bonds is 7. The van der Waals surface area contributed by atoms with Crippen molar-refractivity contribution in [1.29, 1.82) is 0 Å². The van der Waals surface area contributed by atoms with E-state index in [1.807, 2.05) is 20.0 Å². The first kappa shape index (κ1) is 18.4. The SMILES string of the molecule is CCCn1nc(OCC(F)Cn2cc(C)c3cnc(Cl)nc32)c(N)c1C. The van der Waals surface area contributed by atoms with Crippen LogP contribution in [0.5, 0.6) is 5.88 Å². The van der Waals surface area contributed by atoms with Crippen LogP contribution in [0.25, 0.3) is 11.0 Å². The average molecular weight is 381 g/mol. The van der Waals surface area contributed by atoms with Gasteiger partial charge in [0.1, 0.15) is 17.9 Å². The lowest BCUT2D eigenvalue weighted by Crippen LogP contribution is -2.20. The van der Waals surface area contributed by atoms with Gasteiger partial charge in [0, 0.05) is 24.3 Å². The zero-order chi connectivity index (χ0) is 18.8. The Morgan fingerprint density at radius 2 is 2.15 bits per heavy atom. The first-order valence-electron chi connectivity index (χ1n) is 8.48. The molecular formula is C17H22ClFN6O. The van der Waals surface area contributed by atoms with E-state index in [0.29, 0.717) is 11.3 Å². The van der Waals surface area contributed by atoms with Crippen LogP contribution in [0.1, 0.15) is 24.6 Å². The minimum absolute atomic E-state index is 0.0895. The number of fused-ring (bicyclic) bond motifs is 1. The van der Waals surface area contributed by atoms with E-state index >= 15 is 0 Å². The van der Waals surface area contributed by atoms with Gasteiger partial charge in [-0.3, -0.25) is 4.68 Å². The van der Waals surface area contributed by atoms with Crippen LogP contribution in [-0.4, -0.2) is 37.1 Å². The maximum Gasteiger partial charge on any atom is 0.256 e. The fourth-order valence-corrected chi connectivity index (χ4v) is 2.99. The van der Waals surface area contributed by atoms with Gasteiger partial charge in [-0.15, -0.1) is 5.10 Å². The van der Waals surface area contributed by atoms with Crippen molar-refractivity contribution in [3.63, 3.8) is 0 Å². The monoisotopic (exact) mass is 380 g/mol. The summed E-state index contributed by atoms with van der Waals surface area (Å²) < 4.78 is 23.5. The maximum absolute atomic E-state index is 14.5. The van der Waals surface area contributed by atoms with Crippen LogP contribution < -0.4 is 10.5 Å². The molecule has 0 amide bonds. The van der Waals surface area contributed by atoms with E-state index in [0.717, 1.165) is 29.6 Å². The molecule has 0 spiro atoms. The van der Waals surface area contributed by atoms with E-state index in [9.17, 15) is 4.39 Å². The van der Waals surface area contributed by atoms with Gasteiger partial charge in [0.15, 0.2) is 6.17 Å². The molecule has 140 valence electrons. The molecule has 3 aromatic rings. The molecule has 0 aliphatic rings. The molecule has 2 N–H and O–H groups in total. The van der Waals surface area contributed by atoms with Gasteiger partial charge < -0.3 is 15.0 Å². The van der Waals surface area contributed by atoms with Crippen LogP contribution in [0.15, 0.2) is 12.4 Å². The minimum Gasteiger partial charge on any atom is -0.472 e. The van der Waals surface area contributed by atoms with Crippen molar-refractivity contribution in [3.05, 3.63) is 28.9 Å². The smallest absolute Gasteiger partial charge is 0.256 e. The zero-order valence-corrected chi connectivity index (χ0v) is 15.8. The van der Waals surface area contributed by atoms with E-state index in [-0.39, 0.29) is 24.3 Å². The summed E-state index contributed by atoms with van der Waals surface area (Å²) >= 11 is 5.86. The largest absolute Gasteiger partial charge is 0.472 e. The van der Waals surface area contributed by atoms with Crippen LogP contribution in [0, 0.1) is 13.8 Å². The number of halogens is 2. The van der Waals surface area contributed by atoms with E-state index < -0.39 is 6.17 Å². The highest BCUT2D eigenvalue weighted by molar-refractivity contribution is 6.28. The summed E-state index contributed by atoms with van der Waals surface area (Å²) in [5, 5.41) is 5.28. The van der Waals surface area contributed by atoms with Crippen molar-refractivity contribution in [3.8, 4) is 5.88 Å². The van der Waals surface area contributed by atoms with Crippen LogP contribution >= 0.6 is 11.6 Å². The summed E-state index contributed by atoms with van der Waals surface area (Å²) in [6.07, 6.45) is 3.15. The summed E-state index contributed by atoms with van der Waals surface area (Å²) in [4.78, 5) is 8.16. The van der Waals surface area contributed by atoms with E-state index in [2.05, 4.69) is 22.0 Å². The Hall–Kier alpha value is -2.35. The summed E-state index contributed by atoms with van der Waals surface area (Å²) in [5.74, 6) is 0.275. The van der Waals surface area contributed by atoms with Gasteiger partial charge in [0.2, 0.25) is 5.28 Å². The number of anilines is 1. The quantitative estimate of drug-likeness (QED) is 0.636. The fraction of sp³-hybridized carbons (Fsp3) is 0.471. The van der Waals surface area contributed by atoms with Crippen molar-refractivity contribution in [1.82, 2.24) is 24.3 Å². The van der Waals surface area contributed by atoms with Crippen molar-refractivity contribution in [2.75, 3.05) is 12.3 Å². The molecule has 0 aliphatic heterocycles. The third-order valence-corrected chi connectivity index (χ3v) is 4.42. The van der Waals surface area contributed by atoms with E-state index in [4.69, 9.17) is 22.1 Å². The summed E-state index contributed by atoms with van der Waals surface area (Å²) in [6.45, 7) is 6.53. The third-order valence-electron chi connectivity index (χ3n) is 4.24. The van der Waals surface area contributed by atoms with Gasteiger partial charge >= 0.3 is 0 Å². The molecule has 0 radical (unpaired) electrons. The van der Waals surface area contributed by atoms with Gasteiger partial charge in [0.05, 0.1) is 12.2 Å². The van der Waals surface area contributed by atoms with Crippen LogP contribution in [0.4, 0.5) is 10.1 Å². The van der Waals surface area contributed by atoms with Crippen molar-refractivity contribution in [2.45, 2.75) is 46.5 Å². The van der Waals surface area contributed by atoms with Gasteiger partial charge in [-0.2, -0.15) is 4.98 Å². The van der Waals surface area contributed by atoms with Crippen LogP contribution in [0.3, 0.4) is 0 Å². The second kappa shape index (κ2) is 7.49. The Balaban J connectivity index is 1.69. The highest BCUT2D eigenvalue weighted by Crippen LogP contribution is 2.25. The number of nitrogens with two attached hydrogens (primary N) is 1. The van der Waals surface area contributed by atoms with E-state index in [1.165, 1.54) is 0 Å². The second-order valence-electron chi connectivity index (χ2n) is 6.28. The Bertz CT molecular complexity index is 922. The molecule has 26 heavy (non-hydrogen) atoms. The number of nitrogens with zero attached hydrogens (tertiary/aromatic N) is 5. The lowest BCUT2D eigenvalue weighted by molar-refractivity contribution is 0.174. The molecule has 1 unspecified atom stereocenters. The zero-order valence-electron chi connectivity index (χ0n) is 15.0.